The number of carbonyl (C=O) groups is 1. The molecular weight excluding hydrogens is 320 g/mol. The van der Waals surface area contributed by atoms with E-state index in [-0.39, 0.29) is 23.1 Å². The Hall–Kier alpha value is -1.73. The van der Waals surface area contributed by atoms with Crippen molar-refractivity contribution < 1.29 is 9.53 Å². The van der Waals surface area contributed by atoms with Crippen LogP contribution in [-0.2, 0) is 4.74 Å². The van der Waals surface area contributed by atoms with E-state index < -0.39 is 0 Å². The number of hydrogen-bond donors (Lipinski definition) is 1. The molecule has 3 heterocycles. The summed E-state index contributed by atoms with van der Waals surface area (Å²) in [7, 11) is 0. The summed E-state index contributed by atoms with van der Waals surface area (Å²) in [5.41, 5.74) is -0.115. The first kappa shape index (κ1) is 16.7. The molecule has 0 bridgehead atoms. The average Bonchev–Trinajstić information content (AvgIpc) is 3.48. The number of piperidine rings is 1. The molecule has 2 aliphatic heterocycles. The normalized spacial score (nSPS) is 25.1. The highest BCUT2D eigenvalue weighted by Crippen LogP contribution is 2.37. The largest absolute Gasteiger partial charge is 0.379 e. The number of aromatic amines is 1. The minimum atomic E-state index is -0.294. The Bertz CT molecular complexity index is 679. The van der Waals surface area contributed by atoms with E-state index >= 15 is 0 Å². The Morgan fingerprint density at radius 2 is 2.00 bits per heavy atom. The Kier molecular flexibility index (Phi) is 4.85. The lowest BCUT2D eigenvalue weighted by molar-refractivity contribution is 0.0165. The number of H-pyrrole nitrogens is 1. The van der Waals surface area contributed by atoms with Gasteiger partial charge in [-0.2, -0.15) is 0 Å². The van der Waals surface area contributed by atoms with Crippen molar-refractivity contribution in [2.75, 3.05) is 39.4 Å². The molecule has 1 aromatic rings. The van der Waals surface area contributed by atoms with Crippen molar-refractivity contribution in [3.8, 4) is 0 Å². The molecule has 1 saturated carbocycles. The molecule has 7 heteroatoms. The average molecular weight is 346 g/mol. The molecule has 1 aliphatic carbocycles. The van der Waals surface area contributed by atoms with Crippen LogP contribution in [-0.4, -0.2) is 71.1 Å². The molecule has 0 spiro atoms. The highest BCUT2D eigenvalue weighted by Gasteiger charge is 2.32. The van der Waals surface area contributed by atoms with E-state index in [1.165, 1.54) is 6.20 Å². The fourth-order valence-corrected chi connectivity index (χ4v) is 3.82. The lowest BCUT2D eigenvalue weighted by Crippen LogP contribution is -2.52. The third kappa shape index (κ3) is 3.77. The Labute approximate surface area is 147 Å². The molecule has 1 atom stereocenters. The van der Waals surface area contributed by atoms with Gasteiger partial charge < -0.3 is 14.6 Å². The van der Waals surface area contributed by atoms with Gasteiger partial charge in [-0.05, 0) is 32.1 Å². The van der Waals surface area contributed by atoms with E-state index in [4.69, 9.17) is 4.74 Å². The summed E-state index contributed by atoms with van der Waals surface area (Å²) in [6.45, 7) is 4.92. The van der Waals surface area contributed by atoms with Crippen LogP contribution in [0, 0.1) is 0 Å². The van der Waals surface area contributed by atoms with E-state index in [9.17, 15) is 9.59 Å². The minimum absolute atomic E-state index is 0.168. The number of carbonyl (C=O) groups excluding carboxylic acids is 1. The molecule has 2 saturated heterocycles. The summed E-state index contributed by atoms with van der Waals surface area (Å²) in [6, 6.07) is 0.168. The molecule has 1 aromatic heterocycles. The van der Waals surface area contributed by atoms with Crippen molar-refractivity contribution in [3.05, 3.63) is 27.9 Å². The van der Waals surface area contributed by atoms with Crippen LogP contribution >= 0.6 is 0 Å². The number of rotatable bonds is 4. The highest BCUT2D eigenvalue weighted by molar-refractivity contribution is 5.93. The second kappa shape index (κ2) is 7.25. The second-order valence-electron chi connectivity index (χ2n) is 7.35. The fraction of sp³-hybridized carbons (Fsp3) is 0.722. The van der Waals surface area contributed by atoms with Crippen LogP contribution in [0.3, 0.4) is 0 Å². The van der Waals surface area contributed by atoms with Gasteiger partial charge in [-0.15, -0.1) is 0 Å². The molecule has 3 aliphatic rings. The van der Waals surface area contributed by atoms with Crippen LogP contribution < -0.4 is 5.56 Å². The van der Waals surface area contributed by atoms with Crippen LogP contribution in [0.5, 0.6) is 0 Å². The van der Waals surface area contributed by atoms with Gasteiger partial charge in [0.25, 0.3) is 11.5 Å². The quantitative estimate of drug-likeness (QED) is 0.879. The van der Waals surface area contributed by atoms with Gasteiger partial charge in [0.1, 0.15) is 11.4 Å². The van der Waals surface area contributed by atoms with Crippen LogP contribution in [0.2, 0.25) is 0 Å². The maximum absolute atomic E-state index is 13.0. The summed E-state index contributed by atoms with van der Waals surface area (Å²) in [5, 5.41) is 0. The van der Waals surface area contributed by atoms with Crippen LogP contribution in [0.4, 0.5) is 0 Å². The molecule has 25 heavy (non-hydrogen) atoms. The van der Waals surface area contributed by atoms with Crippen molar-refractivity contribution in [1.82, 2.24) is 19.8 Å². The maximum Gasteiger partial charge on any atom is 0.263 e. The van der Waals surface area contributed by atoms with E-state index in [0.29, 0.717) is 5.92 Å². The molecule has 136 valence electrons. The standard InChI is InChI=1S/C18H26N4O3/c23-17-15(11-19-16(20-17)13-4-5-13)18(24)22-6-2-1-3-14(22)12-21-7-9-25-10-8-21/h11,13-14H,1-10,12H2,(H,19,20,23)/t14-/m1/s1. The minimum Gasteiger partial charge on any atom is -0.379 e. The first-order valence-electron chi connectivity index (χ1n) is 9.42. The van der Waals surface area contributed by atoms with Crippen molar-refractivity contribution >= 4 is 5.91 Å². The predicted octanol–water partition coefficient (Wildman–Crippen LogP) is 0.974. The van der Waals surface area contributed by atoms with Gasteiger partial charge in [0, 0.05) is 44.3 Å². The Morgan fingerprint density at radius 1 is 1.20 bits per heavy atom. The zero-order chi connectivity index (χ0) is 17.2. The number of morpholine rings is 1. The molecule has 7 nitrogen and oxygen atoms in total. The van der Waals surface area contributed by atoms with Crippen molar-refractivity contribution in [2.45, 2.75) is 44.1 Å². The molecule has 0 radical (unpaired) electrons. The van der Waals surface area contributed by atoms with Crippen LogP contribution in [0.25, 0.3) is 0 Å². The monoisotopic (exact) mass is 346 g/mol. The first-order valence-corrected chi connectivity index (χ1v) is 9.42. The predicted molar refractivity (Wildman–Crippen MR) is 92.8 cm³/mol. The summed E-state index contributed by atoms with van der Waals surface area (Å²) >= 11 is 0. The maximum atomic E-state index is 13.0. The zero-order valence-electron chi connectivity index (χ0n) is 14.6. The third-order valence-electron chi connectivity index (χ3n) is 5.47. The van der Waals surface area contributed by atoms with Crippen LogP contribution in [0.1, 0.15) is 54.2 Å². The Balaban J connectivity index is 1.49. The number of nitrogens with zero attached hydrogens (tertiary/aromatic N) is 3. The van der Waals surface area contributed by atoms with E-state index in [2.05, 4.69) is 14.9 Å². The summed E-state index contributed by atoms with van der Waals surface area (Å²) in [5.74, 6) is 0.931. The number of amides is 1. The lowest BCUT2D eigenvalue weighted by Gasteiger charge is -2.39. The van der Waals surface area contributed by atoms with Gasteiger partial charge >= 0.3 is 0 Å². The topological polar surface area (TPSA) is 78.5 Å². The number of nitrogens with one attached hydrogen (secondary N) is 1. The number of ether oxygens (including phenoxy) is 1. The van der Waals surface area contributed by atoms with Gasteiger partial charge in [0.05, 0.1) is 13.2 Å². The van der Waals surface area contributed by atoms with Gasteiger partial charge in [0.15, 0.2) is 0 Å². The fourth-order valence-electron chi connectivity index (χ4n) is 3.82. The van der Waals surface area contributed by atoms with E-state index in [0.717, 1.165) is 77.3 Å². The second-order valence-corrected chi connectivity index (χ2v) is 7.35. The molecule has 4 rings (SSSR count). The summed E-state index contributed by atoms with van der Waals surface area (Å²) in [6.07, 6.45) is 6.75. The molecule has 1 amide bonds. The highest BCUT2D eigenvalue weighted by atomic mass is 16.5. The van der Waals surface area contributed by atoms with Gasteiger partial charge in [-0.25, -0.2) is 4.98 Å². The van der Waals surface area contributed by atoms with Crippen molar-refractivity contribution in [2.24, 2.45) is 0 Å². The van der Waals surface area contributed by atoms with E-state index in [1.54, 1.807) is 0 Å². The lowest BCUT2D eigenvalue weighted by atomic mass is 10.0. The summed E-state index contributed by atoms with van der Waals surface area (Å²) < 4.78 is 5.41. The molecule has 0 unspecified atom stereocenters. The Morgan fingerprint density at radius 3 is 2.72 bits per heavy atom. The van der Waals surface area contributed by atoms with Crippen molar-refractivity contribution in [1.29, 1.82) is 0 Å². The zero-order valence-corrected chi connectivity index (χ0v) is 14.6. The van der Waals surface area contributed by atoms with E-state index in [1.807, 2.05) is 4.90 Å². The molecule has 0 aromatic carbocycles. The molecule has 3 fully saturated rings. The van der Waals surface area contributed by atoms with Crippen LogP contribution in [0.15, 0.2) is 11.0 Å². The molecule has 1 N–H and O–H groups in total. The number of aromatic nitrogens is 2. The smallest absolute Gasteiger partial charge is 0.263 e. The first-order chi connectivity index (χ1) is 12.2. The van der Waals surface area contributed by atoms with Gasteiger partial charge in [0.2, 0.25) is 0 Å². The van der Waals surface area contributed by atoms with Gasteiger partial charge in [-0.1, -0.05) is 0 Å². The van der Waals surface area contributed by atoms with Gasteiger partial charge in [-0.3, -0.25) is 14.5 Å². The third-order valence-corrected chi connectivity index (χ3v) is 5.47. The SMILES string of the molecule is O=C(c1cnc(C2CC2)[nH]c1=O)N1CCCC[C@@H]1CN1CCOCC1. The van der Waals surface area contributed by atoms with Crippen molar-refractivity contribution in [3.63, 3.8) is 0 Å². The molecular formula is C18H26N4O3. The number of hydrogen-bond acceptors (Lipinski definition) is 5. The number of likely N-dealkylation sites (tertiary alicyclic amines) is 1. The summed E-state index contributed by atoms with van der Waals surface area (Å²) in [4.78, 5) is 36.8.